The molecule has 0 radical (unpaired) electrons. The zero-order chi connectivity index (χ0) is 22.0. The number of hydrogen-bond donors (Lipinski definition) is 1. The van der Waals surface area contributed by atoms with Crippen molar-refractivity contribution in [2.75, 3.05) is 12.0 Å². The lowest BCUT2D eigenvalue weighted by molar-refractivity contribution is -0.132. The smallest absolute Gasteiger partial charge is 0.336 e. The van der Waals surface area contributed by atoms with Crippen LogP contribution >= 0.6 is 31.9 Å². The number of esters is 1. The van der Waals surface area contributed by atoms with Crippen LogP contribution in [0.1, 0.15) is 12.5 Å². The molecule has 1 N–H and O–H groups in total. The number of ether oxygens (including phenoxy) is 2. The van der Waals surface area contributed by atoms with Gasteiger partial charge in [0.2, 0.25) is 0 Å². The van der Waals surface area contributed by atoms with Gasteiger partial charge >= 0.3 is 12.0 Å². The number of carbonyl (C=O) groups excluding carboxylic acids is 4. The number of urea groups is 1. The van der Waals surface area contributed by atoms with E-state index in [2.05, 4.69) is 37.2 Å². The van der Waals surface area contributed by atoms with Crippen LogP contribution in [0.3, 0.4) is 0 Å². The van der Waals surface area contributed by atoms with Crippen LogP contribution in [0.25, 0.3) is 6.08 Å². The van der Waals surface area contributed by atoms with Gasteiger partial charge in [-0.3, -0.25) is 19.7 Å². The molecule has 3 rings (SSSR count). The van der Waals surface area contributed by atoms with Crippen LogP contribution in [-0.2, 0) is 14.4 Å². The van der Waals surface area contributed by atoms with Gasteiger partial charge in [-0.05, 0) is 46.3 Å². The van der Waals surface area contributed by atoms with Gasteiger partial charge in [-0.2, -0.15) is 0 Å². The number of hydrogen-bond acceptors (Lipinski definition) is 6. The van der Waals surface area contributed by atoms with Gasteiger partial charge in [0.25, 0.3) is 11.8 Å². The molecule has 1 heterocycles. The van der Waals surface area contributed by atoms with Gasteiger partial charge in [0.05, 0.1) is 17.3 Å². The number of imide groups is 2. The minimum atomic E-state index is -0.901. The van der Waals surface area contributed by atoms with E-state index in [4.69, 9.17) is 9.47 Å². The van der Waals surface area contributed by atoms with Crippen molar-refractivity contribution < 1.29 is 28.7 Å². The topological polar surface area (TPSA) is 102 Å². The lowest BCUT2D eigenvalue weighted by atomic mass is 10.1. The Labute approximate surface area is 188 Å². The maximum absolute atomic E-state index is 13.1. The Balaban J connectivity index is 2.13. The Morgan fingerprint density at radius 1 is 1.13 bits per heavy atom. The third-order valence-electron chi connectivity index (χ3n) is 4.01. The van der Waals surface area contributed by atoms with Crippen LogP contribution in [0, 0.1) is 0 Å². The molecule has 1 aliphatic rings. The van der Waals surface area contributed by atoms with Crippen LogP contribution in [0.5, 0.6) is 11.5 Å². The first-order valence-electron chi connectivity index (χ1n) is 8.45. The Morgan fingerprint density at radius 2 is 1.83 bits per heavy atom. The number of amides is 4. The summed E-state index contributed by atoms with van der Waals surface area (Å²) in [6, 6.07) is 8.73. The molecule has 1 fully saturated rings. The Kier molecular flexibility index (Phi) is 6.37. The van der Waals surface area contributed by atoms with E-state index in [9.17, 15) is 19.2 Å². The van der Waals surface area contributed by atoms with Crippen molar-refractivity contribution in [1.82, 2.24) is 5.32 Å². The molecular formula is C20H14Br2N2O6. The molecule has 2 aromatic rings. The molecule has 10 heteroatoms. The molecule has 0 aliphatic carbocycles. The number of benzene rings is 2. The molecule has 0 unspecified atom stereocenters. The van der Waals surface area contributed by atoms with E-state index in [-0.39, 0.29) is 28.3 Å². The van der Waals surface area contributed by atoms with Gasteiger partial charge in [0.15, 0.2) is 5.75 Å². The van der Waals surface area contributed by atoms with Crippen LogP contribution < -0.4 is 19.7 Å². The first-order valence-corrected chi connectivity index (χ1v) is 10.0. The third-order valence-corrected chi connectivity index (χ3v) is 5.06. The predicted octanol–water partition coefficient (Wildman–Crippen LogP) is 3.81. The highest BCUT2D eigenvalue weighted by molar-refractivity contribution is 9.11. The molecule has 2 aromatic carbocycles. The van der Waals surface area contributed by atoms with Gasteiger partial charge in [0.1, 0.15) is 11.3 Å². The van der Waals surface area contributed by atoms with E-state index in [1.54, 1.807) is 30.3 Å². The van der Waals surface area contributed by atoms with Gasteiger partial charge in [-0.1, -0.05) is 28.1 Å². The fourth-order valence-electron chi connectivity index (χ4n) is 2.79. The van der Waals surface area contributed by atoms with Crippen molar-refractivity contribution in [3.8, 4) is 11.5 Å². The monoisotopic (exact) mass is 536 g/mol. The Morgan fingerprint density at radius 3 is 2.50 bits per heavy atom. The summed E-state index contributed by atoms with van der Waals surface area (Å²) >= 11 is 6.61. The molecule has 4 amide bonds. The average molecular weight is 538 g/mol. The molecule has 30 heavy (non-hydrogen) atoms. The number of halogens is 2. The van der Waals surface area contributed by atoms with Crippen molar-refractivity contribution in [3.63, 3.8) is 0 Å². The highest BCUT2D eigenvalue weighted by atomic mass is 79.9. The number of barbiturate groups is 1. The number of rotatable bonds is 4. The summed E-state index contributed by atoms with van der Waals surface area (Å²) in [7, 11) is 1.40. The first kappa shape index (κ1) is 21.7. The first-order chi connectivity index (χ1) is 14.2. The van der Waals surface area contributed by atoms with Gasteiger partial charge < -0.3 is 9.47 Å². The second-order valence-corrected chi connectivity index (χ2v) is 7.80. The minimum absolute atomic E-state index is 0.125. The molecular weight excluding hydrogens is 524 g/mol. The van der Waals surface area contributed by atoms with Crippen LogP contribution in [0.15, 0.2) is 50.9 Å². The summed E-state index contributed by atoms with van der Waals surface area (Å²) < 4.78 is 11.5. The molecule has 0 saturated carbocycles. The van der Waals surface area contributed by atoms with Crippen molar-refractivity contribution in [2.45, 2.75) is 6.92 Å². The number of nitrogens with one attached hydrogen (secondary N) is 1. The van der Waals surface area contributed by atoms with E-state index in [0.29, 0.717) is 8.95 Å². The molecule has 0 spiro atoms. The van der Waals surface area contributed by atoms with E-state index in [0.717, 1.165) is 4.90 Å². The summed E-state index contributed by atoms with van der Waals surface area (Å²) in [5.41, 5.74) is 0.134. The minimum Gasteiger partial charge on any atom is -0.495 e. The molecule has 0 aromatic heterocycles. The van der Waals surface area contributed by atoms with Crippen LogP contribution in [0.2, 0.25) is 0 Å². The Hall–Kier alpha value is -2.98. The number of carbonyl (C=O) groups is 4. The van der Waals surface area contributed by atoms with Gasteiger partial charge in [0, 0.05) is 17.0 Å². The van der Waals surface area contributed by atoms with Crippen LogP contribution in [-0.4, -0.2) is 30.9 Å². The zero-order valence-corrected chi connectivity index (χ0v) is 18.9. The molecule has 154 valence electrons. The van der Waals surface area contributed by atoms with Crippen molar-refractivity contribution in [2.24, 2.45) is 0 Å². The maximum Gasteiger partial charge on any atom is 0.336 e. The lowest BCUT2D eigenvalue weighted by Crippen LogP contribution is -2.54. The summed E-state index contributed by atoms with van der Waals surface area (Å²) in [6.07, 6.45) is 1.25. The van der Waals surface area contributed by atoms with E-state index >= 15 is 0 Å². The second kappa shape index (κ2) is 8.80. The molecule has 0 bridgehead atoms. The number of anilines is 1. The predicted molar refractivity (Wildman–Crippen MR) is 115 cm³/mol. The lowest BCUT2D eigenvalue weighted by Gasteiger charge is -2.27. The zero-order valence-electron chi connectivity index (χ0n) is 15.7. The fraction of sp³-hybridized carbons (Fsp3) is 0.100. The number of para-hydroxylation sites is 2. The van der Waals surface area contributed by atoms with Crippen molar-refractivity contribution in [1.29, 1.82) is 0 Å². The summed E-state index contributed by atoms with van der Waals surface area (Å²) in [5.74, 6) is -1.90. The van der Waals surface area contributed by atoms with Gasteiger partial charge in [-0.15, -0.1) is 0 Å². The van der Waals surface area contributed by atoms with Crippen molar-refractivity contribution >= 4 is 67.4 Å². The highest BCUT2D eigenvalue weighted by Gasteiger charge is 2.38. The number of methoxy groups -OCH3 is 1. The number of nitrogens with zero attached hydrogens (tertiary/aromatic N) is 1. The fourth-order valence-corrected chi connectivity index (χ4v) is 4.12. The highest BCUT2D eigenvalue weighted by Crippen LogP contribution is 2.36. The van der Waals surface area contributed by atoms with E-state index in [1.165, 1.54) is 26.2 Å². The molecule has 0 atom stereocenters. The maximum atomic E-state index is 13.1. The average Bonchev–Trinajstić information content (AvgIpc) is 2.67. The molecule has 8 nitrogen and oxygen atoms in total. The Bertz CT molecular complexity index is 1110. The van der Waals surface area contributed by atoms with E-state index in [1.807, 2.05) is 0 Å². The molecule has 1 aliphatic heterocycles. The normalized spacial score (nSPS) is 15.3. The summed E-state index contributed by atoms with van der Waals surface area (Å²) in [6.45, 7) is 1.23. The quantitative estimate of drug-likeness (QED) is 0.275. The molecule has 1 saturated heterocycles. The summed E-state index contributed by atoms with van der Waals surface area (Å²) in [5, 5.41) is 2.14. The second-order valence-electron chi connectivity index (χ2n) is 6.03. The van der Waals surface area contributed by atoms with Crippen molar-refractivity contribution in [3.05, 3.63) is 56.5 Å². The van der Waals surface area contributed by atoms with Gasteiger partial charge in [-0.25, -0.2) is 9.69 Å². The SMILES string of the molecule is COc1ccccc1N1C(=O)NC(=O)/C(=C/c2cc(Br)cc(Br)c2OC(C)=O)C1=O. The summed E-state index contributed by atoms with van der Waals surface area (Å²) in [4.78, 5) is 50.3. The third kappa shape index (κ3) is 4.29. The van der Waals surface area contributed by atoms with Crippen LogP contribution in [0.4, 0.5) is 10.5 Å². The largest absolute Gasteiger partial charge is 0.495 e. The standard InChI is InChI=1S/C20H14Br2N2O6/c1-10(25)30-17-11(7-12(21)9-14(17)22)8-13-18(26)23-20(28)24(19(13)27)15-5-3-4-6-16(15)29-2/h3-9H,1-2H3,(H,23,26,28)/b13-8-. The van der Waals surface area contributed by atoms with E-state index < -0.39 is 23.8 Å².